The van der Waals surface area contributed by atoms with Gasteiger partial charge in [0.15, 0.2) is 0 Å². The van der Waals surface area contributed by atoms with Crippen LogP contribution in [0.3, 0.4) is 0 Å². The first-order valence-corrected chi connectivity index (χ1v) is 8.18. The van der Waals surface area contributed by atoms with Crippen molar-refractivity contribution in [1.82, 2.24) is 10.2 Å². The maximum Gasteiger partial charge on any atom is 0.318 e. The van der Waals surface area contributed by atoms with E-state index < -0.39 is 0 Å². The Hall–Kier alpha value is -1.88. The van der Waals surface area contributed by atoms with E-state index in [-0.39, 0.29) is 31.0 Å². The van der Waals surface area contributed by atoms with Crippen molar-refractivity contribution in [2.45, 2.75) is 31.7 Å². The average molecular weight is 320 g/mol. The molecule has 1 aromatic carbocycles. The van der Waals surface area contributed by atoms with Crippen molar-refractivity contribution in [3.8, 4) is 0 Å². The Labute approximate surface area is 137 Å². The Morgan fingerprint density at radius 1 is 1.39 bits per heavy atom. The molecule has 1 aliphatic rings. The van der Waals surface area contributed by atoms with E-state index >= 15 is 0 Å². The van der Waals surface area contributed by atoms with Gasteiger partial charge in [0.25, 0.3) is 0 Å². The molecule has 0 aliphatic heterocycles. The summed E-state index contributed by atoms with van der Waals surface area (Å²) in [6.07, 6.45) is 6.07. The molecule has 0 saturated heterocycles. The predicted octanol–water partition coefficient (Wildman–Crippen LogP) is 3.25. The van der Waals surface area contributed by atoms with Crippen LogP contribution in [-0.2, 0) is 0 Å². The van der Waals surface area contributed by atoms with E-state index in [1.54, 1.807) is 18.2 Å². The molecule has 0 spiro atoms. The number of halogens is 1. The smallest absolute Gasteiger partial charge is 0.318 e. The molecule has 1 saturated carbocycles. The Balaban J connectivity index is 2.14. The van der Waals surface area contributed by atoms with Gasteiger partial charge in [0, 0.05) is 13.1 Å². The number of hydrogen-bond donors (Lipinski definition) is 2. The third kappa shape index (κ3) is 4.79. The van der Waals surface area contributed by atoms with E-state index in [1.165, 1.54) is 17.0 Å². The van der Waals surface area contributed by atoms with E-state index in [1.807, 2.05) is 0 Å². The lowest BCUT2D eigenvalue weighted by Crippen LogP contribution is -2.44. The Bertz CT molecular complexity index is 512. The van der Waals surface area contributed by atoms with Gasteiger partial charge in [-0.15, -0.1) is 6.58 Å². The summed E-state index contributed by atoms with van der Waals surface area (Å²) in [5, 5.41) is 12.2. The molecule has 0 radical (unpaired) electrons. The molecule has 0 bridgehead atoms. The third-order valence-electron chi connectivity index (χ3n) is 4.39. The van der Waals surface area contributed by atoms with Crippen LogP contribution in [0.2, 0.25) is 0 Å². The second-order valence-corrected chi connectivity index (χ2v) is 5.98. The highest BCUT2D eigenvalue weighted by Crippen LogP contribution is 2.35. The topological polar surface area (TPSA) is 52.6 Å². The van der Waals surface area contributed by atoms with Crippen LogP contribution < -0.4 is 5.32 Å². The van der Waals surface area contributed by atoms with Crippen molar-refractivity contribution in [1.29, 1.82) is 0 Å². The number of aliphatic hydroxyl groups excluding tert-OH is 1. The molecular formula is C18H25FN2O2. The highest BCUT2D eigenvalue weighted by atomic mass is 19.1. The summed E-state index contributed by atoms with van der Waals surface area (Å²) in [7, 11) is 0. The van der Waals surface area contributed by atoms with Gasteiger partial charge in [-0.1, -0.05) is 31.1 Å². The summed E-state index contributed by atoms with van der Waals surface area (Å²) in [6, 6.07) is 5.99. The van der Waals surface area contributed by atoms with Crippen molar-refractivity contribution in [3.05, 3.63) is 48.3 Å². The standard InChI is InChI=1S/C18H25FN2O2/c1-2-11-21(12-13-22)18(23)20-17(14-5-3-4-6-14)15-7-9-16(19)10-8-15/h2,7-10,14,17,22H,1,3-6,11-13H2,(H,20,23). The van der Waals surface area contributed by atoms with Gasteiger partial charge in [-0.25, -0.2) is 9.18 Å². The fraction of sp³-hybridized carbons (Fsp3) is 0.500. The molecule has 0 aromatic heterocycles. The second-order valence-electron chi connectivity index (χ2n) is 5.98. The van der Waals surface area contributed by atoms with Gasteiger partial charge in [-0.3, -0.25) is 0 Å². The Morgan fingerprint density at radius 2 is 2.04 bits per heavy atom. The van der Waals surface area contributed by atoms with Crippen molar-refractivity contribution < 1.29 is 14.3 Å². The van der Waals surface area contributed by atoms with E-state index in [4.69, 9.17) is 5.11 Å². The SMILES string of the molecule is C=CCN(CCO)C(=O)NC(c1ccc(F)cc1)C1CCCC1. The zero-order chi connectivity index (χ0) is 16.7. The number of hydrogen-bond acceptors (Lipinski definition) is 2. The molecule has 23 heavy (non-hydrogen) atoms. The molecule has 4 nitrogen and oxygen atoms in total. The van der Waals surface area contributed by atoms with E-state index in [0.29, 0.717) is 12.5 Å². The van der Waals surface area contributed by atoms with E-state index in [0.717, 1.165) is 31.2 Å². The first-order valence-electron chi connectivity index (χ1n) is 8.18. The molecule has 2 rings (SSSR count). The largest absolute Gasteiger partial charge is 0.395 e. The van der Waals surface area contributed by atoms with Crippen LogP contribution in [0.5, 0.6) is 0 Å². The average Bonchev–Trinajstić information content (AvgIpc) is 3.07. The number of carbonyl (C=O) groups is 1. The van der Waals surface area contributed by atoms with Crippen molar-refractivity contribution >= 4 is 6.03 Å². The highest BCUT2D eigenvalue weighted by Gasteiger charge is 2.28. The minimum absolute atomic E-state index is 0.0914. The van der Waals surface area contributed by atoms with Crippen LogP contribution in [0, 0.1) is 11.7 Å². The first kappa shape index (κ1) is 17.5. The minimum Gasteiger partial charge on any atom is -0.395 e. The number of amides is 2. The Kier molecular flexibility index (Phi) is 6.59. The summed E-state index contributed by atoms with van der Waals surface area (Å²) in [6.45, 7) is 4.20. The van der Waals surface area contributed by atoms with Crippen LogP contribution in [0.15, 0.2) is 36.9 Å². The lowest BCUT2D eigenvalue weighted by molar-refractivity contribution is 0.176. The van der Waals surface area contributed by atoms with Gasteiger partial charge < -0.3 is 15.3 Å². The van der Waals surface area contributed by atoms with Gasteiger partial charge in [-0.2, -0.15) is 0 Å². The van der Waals surface area contributed by atoms with Gasteiger partial charge in [0.05, 0.1) is 12.6 Å². The fourth-order valence-corrected chi connectivity index (χ4v) is 3.21. The lowest BCUT2D eigenvalue weighted by Gasteiger charge is -2.29. The highest BCUT2D eigenvalue weighted by molar-refractivity contribution is 5.75. The fourth-order valence-electron chi connectivity index (χ4n) is 3.21. The van der Waals surface area contributed by atoms with Gasteiger partial charge in [0.2, 0.25) is 0 Å². The zero-order valence-corrected chi connectivity index (χ0v) is 13.4. The molecule has 1 fully saturated rings. The molecule has 2 amide bonds. The summed E-state index contributed by atoms with van der Waals surface area (Å²) in [4.78, 5) is 14.0. The zero-order valence-electron chi connectivity index (χ0n) is 13.4. The number of nitrogens with zero attached hydrogens (tertiary/aromatic N) is 1. The Morgan fingerprint density at radius 3 is 2.61 bits per heavy atom. The van der Waals surface area contributed by atoms with Gasteiger partial charge in [0.1, 0.15) is 5.82 Å². The normalized spacial score (nSPS) is 16.1. The van der Waals surface area contributed by atoms with Crippen molar-refractivity contribution in [2.75, 3.05) is 19.7 Å². The van der Waals surface area contributed by atoms with Crippen LogP contribution in [0.1, 0.15) is 37.3 Å². The molecule has 2 N–H and O–H groups in total. The quantitative estimate of drug-likeness (QED) is 0.758. The number of nitrogens with one attached hydrogen (secondary N) is 1. The molecule has 1 aliphatic carbocycles. The molecule has 5 heteroatoms. The molecule has 0 heterocycles. The van der Waals surface area contributed by atoms with Crippen LogP contribution in [0.25, 0.3) is 0 Å². The van der Waals surface area contributed by atoms with Crippen molar-refractivity contribution in [3.63, 3.8) is 0 Å². The first-order chi connectivity index (χ1) is 11.2. The summed E-state index contributed by atoms with van der Waals surface area (Å²) in [5.41, 5.74) is 0.925. The number of benzene rings is 1. The van der Waals surface area contributed by atoms with Gasteiger partial charge in [-0.05, 0) is 36.5 Å². The molecule has 1 aromatic rings. The van der Waals surface area contributed by atoms with Gasteiger partial charge >= 0.3 is 6.03 Å². The monoisotopic (exact) mass is 320 g/mol. The van der Waals surface area contributed by atoms with E-state index in [2.05, 4.69) is 11.9 Å². The molecule has 126 valence electrons. The molecule has 1 unspecified atom stereocenters. The maximum absolute atomic E-state index is 13.2. The number of rotatable bonds is 7. The van der Waals surface area contributed by atoms with Crippen LogP contribution in [0.4, 0.5) is 9.18 Å². The lowest BCUT2D eigenvalue weighted by atomic mass is 9.91. The third-order valence-corrected chi connectivity index (χ3v) is 4.39. The minimum atomic E-state index is -0.279. The summed E-state index contributed by atoms with van der Waals surface area (Å²) >= 11 is 0. The number of aliphatic hydroxyl groups is 1. The molecule has 1 atom stereocenters. The van der Waals surface area contributed by atoms with Crippen LogP contribution in [-0.4, -0.2) is 35.7 Å². The number of urea groups is 1. The van der Waals surface area contributed by atoms with Crippen LogP contribution >= 0.6 is 0 Å². The number of carbonyl (C=O) groups excluding carboxylic acids is 1. The summed E-state index contributed by atoms with van der Waals surface area (Å²) in [5.74, 6) is 0.0860. The summed E-state index contributed by atoms with van der Waals surface area (Å²) < 4.78 is 13.2. The maximum atomic E-state index is 13.2. The predicted molar refractivity (Wildman–Crippen MR) is 88.5 cm³/mol. The van der Waals surface area contributed by atoms with E-state index in [9.17, 15) is 9.18 Å². The van der Waals surface area contributed by atoms with Crippen molar-refractivity contribution in [2.24, 2.45) is 5.92 Å². The molecular weight excluding hydrogens is 295 g/mol. The second kappa shape index (κ2) is 8.67.